The Bertz CT molecular complexity index is 537. The van der Waals surface area contributed by atoms with Gasteiger partial charge in [-0.1, -0.05) is 59.2 Å². The van der Waals surface area contributed by atoms with E-state index in [4.69, 9.17) is 0 Å². The van der Waals surface area contributed by atoms with Crippen molar-refractivity contribution in [2.75, 3.05) is 5.32 Å². The highest BCUT2D eigenvalue weighted by Crippen LogP contribution is 2.48. The Morgan fingerprint density at radius 3 is 1.75 bits per heavy atom. The van der Waals surface area contributed by atoms with Crippen LogP contribution in [-0.2, 0) is 4.79 Å². The quantitative estimate of drug-likeness (QED) is 0.702. The summed E-state index contributed by atoms with van der Waals surface area (Å²) in [6.07, 6.45) is 3.25. The van der Waals surface area contributed by atoms with Crippen molar-refractivity contribution in [1.29, 1.82) is 0 Å². The molecule has 2 nitrogen and oxygen atoms in total. The van der Waals surface area contributed by atoms with Gasteiger partial charge in [0.1, 0.15) is 0 Å². The third-order valence-electron chi connectivity index (χ3n) is 5.85. The molecule has 1 saturated carbocycles. The maximum atomic E-state index is 12.9. The number of hydrogen-bond donors (Lipinski definition) is 1. The highest BCUT2D eigenvalue weighted by Gasteiger charge is 2.41. The second-order valence-corrected chi connectivity index (χ2v) is 9.89. The fourth-order valence-electron chi connectivity index (χ4n) is 3.83. The van der Waals surface area contributed by atoms with Gasteiger partial charge in [0.25, 0.3) is 0 Å². The highest BCUT2D eigenvalue weighted by atomic mass is 16.1. The Balaban J connectivity index is 2.14. The third-order valence-corrected chi connectivity index (χ3v) is 5.85. The molecular weight excluding hydrogens is 294 g/mol. The first-order valence-corrected chi connectivity index (χ1v) is 9.34. The average molecular weight is 330 g/mol. The summed E-state index contributed by atoms with van der Waals surface area (Å²) in [4.78, 5) is 12.9. The van der Waals surface area contributed by atoms with Gasteiger partial charge in [0.05, 0.1) is 0 Å². The van der Waals surface area contributed by atoms with Crippen LogP contribution >= 0.6 is 0 Å². The molecule has 0 saturated heterocycles. The Morgan fingerprint density at radius 2 is 1.33 bits per heavy atom. The molecular formula is C22H35NO. The number of rotatable bonds is 2. The Labute approximate surface area is 148 Å². The summed E-state index contributed by atoms with van der Waals surface area (Å²) in [6.45, 7) is 16.0. The van der Waals surface area contributed by atoms with Gasteiger partial charge in [0.2, 0.25) is 5.91 Å². The summed E-state index contributed by atoms with van der Waals surface area (Å²) in [7, 11) is 0. The molecule has 0 heterocycles. The van der Waals surface area contributed by atoms with E-state index in [2.05, 4.69) is 53.8 Å². The Morgan fingerprint density at radius 1 is 0.875 bits per heavy atom. The van der Waals surface area contributed by atoms with Crippen LogP contribution in [0.1, 0.15) is 66.4 Å². The van der Waals surface area contributed by atoms with Gasteiger partial charge in [-0.2, -0.15) is 0 Å². The molecule has 1 amide bonds. The van der Waals surface area contributed by atoms with E-state index in [0.717, 1.165) is 18.5 Å². The lowest BCUT2D eigenvalue weighted by atomic mass is 9.60. The molecule has 2 unspecified atom stereocenters. The van der Waals surface area contributed by atoms with Crippen LogP contribution < -0.4 is 5.32 Å². The van der Waals surface area contributed by atoms with Crippen LogP contribution in [0.3, 0.4) is 0 Å². The number of anilines is 1. The Hall–Kier alpha value is -1.31. The molecule has 134 valence electrons. The monoisotopic (exact) mass is 329 g/mol. The predicted octanol–water partition coefficient (Wildman–Crippen LogP) is 6.06. The Kier molecular flexibility index (Phi) is 5.47. The SMILES string of the molecule is Cc1ccc(NC(=O)C2CC(C(C)(C)C)CC(C(C)(C)C)C2)cc1. The van der Waals surface area contributed by atoms with E-state index in [0.29, 0.717) is 11.8 Å². The fraction of sp³-hybridized carbons (Fsp3) is 0.682. The van der Waals surface area contributed by atoms with Crippen molar-refractivity contribution in [1.82, 2.24) is 0 Å². The van der Waals surface area contributed by atoms with E-state index in [1.807, 2.05) is 24.3 Å². The van der Waals surface area contributed by atoms with Gasteiger partial charge in [0, 0.05) is 11.6 Å². The lowest BCUT2D eigenvalue weighted by Gasteiger charge is -2.45. The summed E-state index contributed by atoms with van der Waals surface area (Å²) in [5, 5.41) is 3.14. The summed E-state index contributed by atoms with van der Waals surface area (Å²) < 4.78 is 0. The molecule has 24 heavy (non-hydrogen) atoms. The van der Waals surface area contributed by atoms with Gasteiger partial charge in [0.15, 0.2) is 0 Å². The van der Waals surface area contributed by atoms with E-state index in [-0.39, 0.29) is 22.7 Å². The minimum Gasteiger partial charge on any atom is -0.326 e. The zero-order chi connectivity index (χ0) is 18.1. The zero-order valence-corrected chi connectivity index (χ0v) is 16.6. The number of hydrogen-bond acceptors (Lipinski definition) is 1. The molecule has 2 rings (SSSR count). The first-order chi connectivity index (χ1) is 11.0. The van der Waals surface area contributed by atoms with E-state index in [1.165, 1.54) is 12.0 Å². The summed E-state index contributed by atoms with van der Waals surface area (Å²) in [6, 6.07) is 8.09. The van der Waals surface area contributed by atoms with Gasteiger partial charge in [-0.25, -0.2) is 0 Å². The van der Waals surface area contributed by atoms with Crippen LogP contribution in [0.4, 0.5) is 5.69 Å². The van der Waals surface area contributed by atoms with Crippen LogP contribution in [0.15, 0.2) is 24.3 Å². The molecule has 0 radical (unpaired) electrons. The number of aryl methyl sites for hydroxylation is 1. The topological polar surface area (TPSA) is 29.1 Å². The van der Waals surface area contributed by atoms with Crippen LogP contribution in [0, 0.1) is 35.5 Å². The molecule has 0 bridgehead atoms. The smallest absolute Gasteiger partial charge is 0.227 e. The first kappa shape index (κ1) is 19.0. The molecule has 2 heteroatoms. The van der Waals surface area contributed by atoms with E-state index in [1.54, 1.807) is 0 Å². The summed E-state index contributed by atoms with van der Waals surface area (Å²) >= 11 is 0. The predicted molar refractivity (Wildman–Crippen MR) is 103 cm³/mol. The third kappa shape index (κ3) is 4.84. The van der Waals surface area contributed by atoms with Gasteiger partial charge >= 0.3 is 0 Å². The first-order valence-electron chi connectivity index (χ1n) is 9.34. The fourth-order valence-corrected chi connectivity index (χ4v) is 3.83. The van der Waals surface area contributed by atoms with Crippen molar-refractivity contribution in [3.05, 3.63) is 29.8 Å². The van der Waals surface area contributed by atoms with E-state index < -0.39 is 0 Å². The molecule has 1 aromatic rings. The zero-order valence-electron chi connectivity index (χ0n) is 16.6. The van der Waals surface area contributed by atoms with E-state index >= 15 is 0 Å². The van der Waals surface area contributed by atoms with Gasteiger partial charge in [-0.05, 0) is 61.0 Å². The molecule has 1 aliphatic rings. The molecule has 0 aliphatic heterocycles. The van der Waals surface area contributed by atoms with Crippen molar-refractivity contribution in [3.63, 3.8) is 0 Å². The van der Waals surface area contributed by atoms with Crippen LogP contribution in [0.2, 0.25) is 0 Å². The van der Waals surface area contributed by atoms with Crippen molar-refractivity contribution < 1.29 is 4.79 Å². The molecule has 2 atom stereocenters. The summed E-state index contributed by atoms with van der Waals surface area (Å²) in [5.41, 5.74) is 2.64. The summed E-state index contributed by atoms with van der Waals surface area (Å²) in [5.74, 6) is 1.52. The van der Waals surface area contributed by atoms with Crippen LogP contribution in [-0.4, -0.2) is 5.91 Å². The van der Waals surface area contributed by atoms with Crippen molar-refractivity contribution >= 4 is 11.6 Å². The molecule has 1 aliphatic carbocycles. The molecule has 0 aromatic heterocycles. The van der Waals surface area contributed by atoms with Crippen molar-refractivity contribution in [3.8, 4) is 0 Å². The number of nitrogens with one attached hydrogen (secondary N) is 1. The molecule has 1 aromatic carbocycles. The van der Waals surface area contributed by atoms with E-state index in [9.17, 15) is 4.79 Å². The van der Waals surface area contributed by atoms with Gasteiger partial charge < -0.3 is 5.32 Å². The minimum absolute atomic E-state index is 0.119. The minimum atomic E-state index is 0.119. The standard InChI is InChI=1S/C22H35NO/c1-15-8-10-19(11-9-15)23-20(24)16-12-17(21(2,3)4)14-18(13-16)22(5,6)7/h8-11,16-18H,12-14H2,1-7H3,(H,23,24). The second kappa shape index (κ2) is 6.90. The van der Waals surface area contributed by atoms with Crippen LogP contribution in [0.25, 0.3) is 0 Å². The van der Waals surface area contributed by atoms with Crippen LogP contribution in [0.5, 0.6) is 0 Å². The molecule has 0 spiro atoms. The molecule has 1 fully saturated rings. The number of benzene rings is 1. The highest BCUT2D eigenvalue weighted by molar-refractivity contribution is 5.92. The number of carbonyl (C=O) groups is 1. The maximum Gasteiger partial charge on any atom is 0.227 e. The number of amides is 1. The van der Waals surface area contributed by atoms with Gasteiger partial charge in [-0.3, -0.25) is 4.79 Å². The largest absolute Gasteiger partial charge is 0.326 e. The lowest BCUT2D eigenvalue weighted by molar-refractivity contribution is -0.123. The lowest BCUT2D eigenvalue weighted by Crippen LogP contribution is -2.40. The molecule has 1 N–H and O–H groups in total. The average Bonchev–Trinajstić information content (AvgIpc) is 2.47. The second-order valence-electron chi connectivity index (χ2n) is 9.89. The normalized spacial score (nSPS) is 25.4. The van der Waals surface area contributed by atoms with Gasteiger partial charge in [-0.15, -0.1) is 0 Å². The number of carbonyl (C=O) groups excluding carboxylic acids is 1. The van der Waals surface area contributed by atoms with Crippen molar-refractivity contribution in [2.24, 2.45) is 28.6 Å². The maximum absolute atomic E-state index is 12.9. The van der Waals surface area contributed by atoms with Crippen molar-refractivity contribution in [2.45, 2.75) is 67.7 Å².